The molecule has 0 saturated carbocycles. The summed E-state index contributed by atoms with van der Waals surface area (Å²) in [5.41, 5.74) is -0.267. The number of carbonyl (C=O) groups excluding carboxylic acids is 3. The number of alkyl halides is 1. The Bertz CT molecular complexity index is 2050. The number of halogens is 4. The summed E-state index contributed by atoms with van der Waals surface area (Å²) in [6.45, 7) is 4.45. The van der Waals surface area contributed by atoms with Crippen molar-refractivity contribution in [2.24, 2.45) is 11.3 Å². The lowest BCUT2D eigenvalue weighted by Gasteiger charge is -2.43. The number of nitrogens with zero attached hydrogens (tertiary/aromatic N) is 4. The molecule has 1 aromatic heterocycles. The minimum absolute atomic E-state index is 0.0397. The van der Waals surface area contributed by atoms with Crippen LogP contribution in [0.5, 0.6) is 5.75 Å². The van der Waals surface area contributed by atoms with Gasteiger partial charge >= 0.3 is 12.1 Å². The van der Waals surface area contributed by atoms with Crippen LogP contribution in [0.15, 0.2) is 72.9 Å². The molecule has 5 rings (SSSR count). The second-order valence-electron chi connectivity index (χ2n) is 14.9. The third-order valence-electron chi connectivity index (χ3n) is 9.92. The SMILES string of the molecule is COCOc1cc(F)cc(Cn2cc(-c3cc(F)ccc3F)nc2[C@H](N(C[C@@H]2CN(C(=O)OCc3ccccc3)C[C@@H]2F)C(=O)[C@H](C)OC(C)=O)C(C)(C)CCO)c1. The quantitative estimate of drug-likeness (QED) is 0.0692. The van der Waals surface area contributed by atoms with E-state index < -0.39 is 65.1 Å². The van der Waals surface area contributed by atoms with E-state index in [1.54, 1.807) is 44.2 Å². The maximum atomic E-state index is 16.1. The number of aromatic nitrogens is 2. The first kappa shape index (κ1) is 43.6. The van der Waals surface area contributed by atoms with Gasteiger partial charge in [0.25, 0.3) is 5.91 Å². The summed E-state index contributed by atoms with van der Waals surface area (Å²) in [6.07, 6.45) is -2.29. The highest BCUT2D eigenvalue weighted by atomic mass is 19.1. The zero-order valence-electron chi connectivity index (χ0n) is 33.0. The van der Waals surface area contributed by atoms with E-state index in [4.69, 9.17) is 23.9 Å². The molecule has 1 saturated heterocycles. The van der Waals surface area contributed by atoms with Crippen molar-refractivity contribution in [2.45, 2.75) is 65.6 Å². The fourth-order valence-electron chi connectivity index (χ4n) is 7.12. The third kappa shape index (κ3) is 10.9. The van der Waals surface area contributed by atoms with Gasteiger partial charge < -0.3 is 38.4 Å². The number of rotatable bonds is 17. The van der Waals surface area contributed by atoms with Gasteiger partial charge in [-0.1, -0.05) is 44.2 Å². The number of hydrogen-bond acceptors (Lipinski definition) is 9. The first-order valence-corrected chi connectivity index (χ1v) is 18.7. The molecule has 0 unspecified atom stereocenters. The van der Waals surface area contributed by atoms with E-state index in [0.29, 0.717) is 5.56 Å². The summed E-state index contributed by atoms with van der Waals surface area (Å²) in [6, 6.07) is 14.6. The number of aliphatic hydroxyl groups excluding tert-OH is 1. The lowest BCUT2D eigenvalue weighted by atomic mass is 9.79. The van der Waals surface area contributed by atoms with Crippen molar-refractivity contribution in [3.63, 3.8) is 0 Å². The van der Waals surface area contributed by atoms with Crippen LogP contribution in [0.2, 0.25) is 0 Å². The summed E-state index contributed by atoms with van der Waals surface area (Å²) in [5.74, 6) is -4.46. The van der Waals surface area contributed by atoms with Crippen LogP contribution in [-0.4, -0.2) is 94.8 Å². The predicted octanol–water partition coefficient (Wildman–Crippen LogP) is 6.84. The maximum absolute atomic E-state index is 16.1. The van der Waals surface area contributed by atoms with Gasteiger partial charge in [-0.15, -0.1) is 0 Å². The molecule has 0 bridgehead atoms. The van der Waals surface area contributed by atoms with Crippen molar-refractivity contribution in [3.05, 3.63) is 107 Å². The lowest BCUT2D eigenvalue weighted by molar-refractivity contribution is -0.161. The van der Waals surface area contributed by atoms with Crippen LogP contribution in [0.1, 0.15) is 57.1 Å². The van der Waals surface area contributed by atoms with E-state index in [1.807, 2.05) is 6.07 Å². The van der Waals surface area contributed by atoms with E-state index in [2.05, 4.69) is 0 Å². The highest BCUT2D eigenvalue weighted by Gasteiger charge is 2.46. The number of methoxy groups -OCH3 is 1. The first-order chi connectivity index (χ1) is 27.6. The molecule has 2 heterocycles. The van der Waals surface area contributed by atoms with Crippen molar-refractivity contribution in [1.29, 1.82) is 0 Å². The fourth-order valence-corrected chi connectivity index (χ4v) is 7.12. The van der Waals surface area contributed by atoms with Crippen molar-refractivity contribution < 1.29 is 56.0 Å². The van der Waals surface area contributed by atoms with Gasteiger partial charge in [0.2, 0.25) is 0 Å². The average molecular weight is 813 g/mol. The van der Waals surface area contributed by atoms with Crippen molar-refractivity contribution in [3.8, 4) is 17.0 Å². The van der Waals surface area contributed by atoms with Crippen molar-refractivity contribution >= 4 is 18.0 Å². The highest BCUT2D eigenvalue weighted by Crippen LogP contribution is 2.43. The van der Waals surface area contributed by atoms with E-state index in [-0.39, 0.29) is 75.4 Å². The number of carbonyl (C=O) groups is 3. The standard InChI is InChI=1S/C42H48F4N4O8/c1-26(58-27(2)52)40(53)50(21-30-20-49(22-36(30)46)41(54)56-24-28-9-7-6-8-10-28)38(42(3,4)13-14-51)39-47-37(34-18-31(43)11-12-35(34)45)23-48(39)19-29-15-32(44)17-33(16-29)57-25-55-5/h6-12,15-18,23,26,30,36,38,51H,13-14,19-22,24-25H2,1-5H3/t26-,30-,36-,38-/m0/s1. The Morgan fingerprint density at radius 1 is 1.00 bits per heavy atom. The van der Waals surface area contributed by atoms with Gasteiger partial charge in [0.05, 0.1) is 18.3 Å². The van der Waals surface area contributed by atoms with Gasteiger partial charge in [0, 0.05) is 64.0 Å². The molecule has 0 radical (unpaired) electrons. The number of ether oxygens (including phenoxy) is 4. The van der Waals surface area contributed by atoms with Gasteiger partial charge in [-0.2, -0.15) is 0 Å². The van der Waals surface area contributed by atoms with Gasteiger partial charge in [0.1, 0.15) is 41.8 Å². The van der Waals surface area contributed by atoms with Crippen molar-refractivity contribution in [2.75, 3.05) is 40.1 Å². The molecular weight excluding hydrogens is 764 g/mol. The number of aliphatic hydroxyl groups is 1. The zero-order chi connectivity index (χ0) is 42.1. The summed E-state index contributed by atoms with van der Waals surface area (Å²) in [4.78, 5) is 47.1. The second-order valence-corrected chi connectivity index (χ2v) is 14.9. The molecule has 1 aliphatic rings. The molecule has 0 aliphatic carbocycles. The van der Waals surface area contributed by atoms with Crippen molar-refractivity contribution in [1.82, 2.24) is 19.4 Å². The Balaban J connectivity index is 1.61. The van der Waals surface area contributed by atoms with Crippen LogP contribution in [0.4, 0.5) is 22.4 Å². The molecular formula is C42H48F4N4O8. The summed E-state index contributed by atoms with van der Waals surface area (Å²) in [5, 5.41) is 10.3. The van der Waals surface area contributed by atoms with Crippen LogP contribution >= 0.6 is 0 Å². The summed E-state index contributed by atoms with van der Waals surface area (Å²) < 4.78 is 83.7. The molecule has 0 spiro atoms. The van der Waals surface area contributed by atoms with E-state index >= 15 is 8.78 Å². The summed E-state index contributed by atoms with van der Waals surface area (Å²) in [7, 11) is 1.40. The summed E-state index contributed by atoms with van der Waals surface area (Å²) >= 11 is 0. The van der Waals surface area contributed by atoms with Crippen LogP contribution in [0, 0.1) is 28.8 Å². The van der Waals surface area contributed by atoms with E-state index in [0.717, 1.165) is 36.8 Å². The predicted molar refractivity (Wildman–Crippen MR) is 203 cm³/mol. The molecule has 4 aromatic rings. The van der Waals surface area contributed by atoms with E-state index in [1.165, 1.54) is 40.7 Å². The molecule has 1 N–H and O–H groups in total. The van der Waals surface area contributed by atoms with Crippen LogP contribution in [0.3, 0.4) is 0 Å². The molecule has 4 atom stereocenters. The van der Waals surface area contributed by atoms with Crippen LogP contribution in [0.25, 0.3) is 11.3 Å². The van der Waals surface area contributed by atoms with Gasteiger partial charge in [-0.3, -0.25) is 9.59 Å². The molecule has 12 nitrogen and oxygen atoms in total. The van der Waals surface area contributed by atoms with Gasteiger partial charge in [0.15, 0.2) is 12.9 Å². The number of imidazole rings is 1. The Morgan fingerprint density at radius 3 is 2.43 bits per heavy atom. The van der Waals surface area contributed by atoms with Gasteiger partial charge in [-0.05, 0) is 60.2 Å². The van der Waals surface area contributed by atoms with Crippen LogP contribution < -0.4 is 4.74 Å². The molecule has 312 valence electrons. The largest absolute Gasteiger partial charge is 0.467 e. The van der Waals surface area contributed by atoms with E-state index in [9.17, 15) is 28.3 Å². The lowest BCUT2D eigenvalue weighted by Crippen LogP contribution is -2.50. The maximum Gasteiger partial charge on any atom is 0.410 e. The fraction of sp³-hybridized carbons (Fsp3) is 0.429. The second kappa shape index (κ2) is 19.3. The molecule has 3 aromatic carbocycles. The average Bonchev–Trinajstić information content (AvgIpc) is 3.75. The molecule has 2 amide bonds. The first-order valence-electron chi connectivity index (χ1n) is 18.7. The number of hydrogen-bond donors (Lipinski definition) is 1. The highest BCUT2D eigenvalue weighted by molar-refractivity contribution is 5.83. The third-order valence-corrected chi connectivity index (χ3v) is 9.92. The topological polar surface area (TPSA) is 133 Å². The van der Waals surface area contributed by atoms with Crippen LogP contribution in [-0.2, 0) is 37.0 Å². The smallest absolute Gasteiger partial charge is 0.410 e. The normalized spacial score (nSPS) is 16.5. The molecule has 1 fully saturated rings. The Kier molecular flexibility index (Phi) is 14.5. The molecule has 1 aliphatic heterocycles. The number of esters is 1. The minimum Gasteiger partial charge on any atom is -0.467 e. The Labute approximate surface area is 334 Å². The van der Waals surface area contributed by atoms with Gasteiger partial charge in [-0.25, -0.2) is 27.3 Å². The zero-order valence-corrected chi connectivity index (χ0v) is 33.0. The number of amides is 2. The Hall–Kier alpha value is -5.48. The number of likely N-dealkylation sites (tertiary alicyclic amines) is 1. The number of benzene rings is 3. The molecule has 58 heavy (non-hydrogen) atoms. The monoisotopic (exact) mass is 812 g/mol. The molecule has 16 heteroatoms. The minimum atomic E-state index is -1.63. The Morgan fingerprint density at radius 2 is 1.74 bits per heavy atom.